The van der Waals surface area contributed by atoms with Crippen molar-refractivity contribution >= 4 is 28.8 Å². The molecule has 2 aromatic heterocycles. The number of hydrogen-bond acceptors (Lipinski definition) is 5. The lowest BCUT2D eigenvalue weighted by Crippen LogP contribution is -2.46. The van der Waals surface area contributed by atoms with Crippen LogP contribution in [0.15, 0.2) is 48.7 Å². The van der Waals surface area contributed by atoms with Crippen LogP contribution in [0.1, 0.15) is 29.0 Å². The first-order valence-electron chi connectivity index (χ1n) is 9.49. The van der Waals surface area contributed by atoms with E-state index in [1.54, 1.807) is 23.5 Å². The Balaban J connectivity index is 1.45. The van der Waals surface area contributed by atoms with Gasteiger partial charge in [-0.25, -0.2) is 9.37 Å². The molecular formula is C22H18FN4O2. The van der Waals surface area contributed by atoms with E-state index in [9.17, 15) is 14.0 Å². The van der Waals surface area contributed by atoms with Gasteiger partial charge < -0.3 is 4.90 Å². The minimum absolute atomic E-state index is 0.00790. The highest BCUT2D eigenvalue weighted by molar-refractivity contribution is 6.13. The summed E-state index contributed by atoms with van der Waals surface area (Å²) in [6.07, 6.45) is 5.50. The lowest BCUT2D eigenvalue weighted by atomic mass is 10.1. The summed E-state index contributed by atoms with van der Waals surface area (Å²) in [6.45, 7) is 5.54. The maximum absolute atomic E-state index is 13.2. The Hall–Kier alpha value is -3.35. The van der Waals surface area contributed by atoms with Crippen molar-refractivity contribution in [3.05, 3.63) is 72.3 Å². The van der Waals surface area contributed by atoms with Crippen LogP contribution in [0.3, 0.4) is 0 Å². The summed E-state index contributed by atoms with van der Waals surface area (Å²) in [4.78, 5) is 38.1. The van der Waals surface area contributed by atoms with Gasteiger partial charge in [0.15, 0.2) is 5.82 Å². The minimum atomic E-state index is -0.437. The van der Waals surface area contributed by atoms with Gasteiger partial charge in [-0.3, -0.25) is 19.5 Å². The van der Waals surface area contributed by atoms with Crippen molar-refractivity contribution in [3.63, 3.8) is 0 Å². The maximum Gasteiger partial charge on any atom is 0.233 e. The lowest BCUT2D eigenvalue weighted by Gasteiger charge is -2.36. The van der Waals surface area contributed by atoms with E-state index in [4.69, 9.17) is 0 Å². The predicted molar refractivity (Wildman–Crippen MR) is 107 cm³/mol. The summed E-state index contributed by atoms with van der Waals surface area (Å²) in [5.41, 5.74) is 2.84. The van der Waals surface area contributed by atoms with E-state index in [0.717, 1.165) is 31.4 Å². The molecule has 0 unspecified atom stereocenters. The molecule has 0 N–H and O–H groups in total. The Morgan fingerprint density at radius 2 is 2.00 bits per heavy atom. The van der Waals surface area contributed by atoms with Gasteiger partial charge in [-0.1, -0.05) is 12.7 Å². The molecule has 0 saturated carbocycles. The third-order valence-electron chi connectivity index (χ3n) is 5.50. The van der Waals surface area contributed by atoms with Crippen LogP contribution in [0.5, 0.6) is 0 Å². The molecule has 1 saturated heterocycles. The summed E-state index contributed by atoms with van der Waals surface area (Å²) < 4.78 is 13.1. The quantitative estimate of drug-likeness (QED) is 0.736. The molecule has 5 rings (SSSR count). The number of pyridine rings is 2. The van der Waals surface area contributed by atoms with Gasteiger partial charge in [-0.05, 0) is 36.3 Å². The fourth-order valence-corrected chi connectivity index (χ4v) is 3.94. The number of rotatable bonds is 5. The van der Waals surface area contributed by atoms with E-state index in [0.29, 0.717) is 28.4 Å². The second-order valence-corrected chi connectivity index (χ2v) is 7.45. The highest BCUT2D eigenvalue weighted by atomic mass is 19.1. The van der Waals surface area contributed by atoms with E-state index in [1.807, 2.05) is 6.07 Å². The third kappa shape index (κ3) is 3.12. The van der Waals surface area contributed by atoms with Gasteiger partial charge in [0, 0.05) is 25.1 Å². The number of carbonyl (C=O) groups excluding carboxylic acids is 2. The Morgan fingerprint density at radius 3 is 2.72 bits per heavy atom. The first-order valence-corrected chi connectivity index (χ1v) is 9.49. The van der Waals surface area contributed by atoms with E-state index in [1.165, 1.54) is 12.1 Å². The molecule has 0 spiro atoms. The van der Waals surface area contributed by atoms with Crippen molar-refractivity contribution in [1.82, 2.24) is 9.97 Å². The Kier molecular flexibility index (Phi) is 4.04. The summed E-state index contributed by atoms with van der Waals surface area (Å²) in [5, 5.41) is 0. The normalized spacial score (nSPS) is 18.9. The maximum atomic E-state index is 13.2. The highest BCUT2D eigenvalue weighted by Gasteiger charge is 2.40. The number of anilines is 2. The fourth-order valence-electron chi connectivity index (χ4n) is 3.94. The van der Waals surface area contributed by atoms with Crippen molar-refractivity contribution < 1.29 is 14.0 Å². The molecule has 2 bridgehead atoms. The van der Waals surface area contributed by atoms with E-state index < -0.39 is 5.82 Å². The van der Waals surface area contributed by atoms with Gasteiger partial charge in [-0.2, -0.15) is 0 Å². The van der Waals surface area contributed by atoms with Crippen molar-refractivity contribution in [3.8, 4) is 0 Å². The molecule has 1 atom stereocenters. The Morgan fingerprint density at radius 1 is 1.21 bits per heavy atom. The summed E-state index contributed by atoms with van der Waals surface area (Å²) in [7, 11) is 0. The first-order chi connectivity index (χ1) is 14.0. The van der Waals surface area contributed by atoms with Crippen molar-refractivity contribution in [2.45, 2.75) is 18.9 Å². The number of halogens is 1. The molecule has 1 radical (unpaired) electrons. The molecular weight excluding hydrogens is 371 g/mol. The van der Waals surface area contributed by atoms with Crippen LogP contribution in [0.2, 0.25) is 0 Å². The van der Waals surface area contributed by atoms with E-state index in [2.05, 4.69) is 21.4 Å². The molecule has 1 aliphatic carbocycles. The average molecular weight is 389 g/mol. The summed E-state index contributed by atoms with van der Waals surface area (Å²) >= 11 is 0. The Bertz CT molecular complexity index is 1080. The molecule has 2 aliphatic heterocycles. The minimum Gasteiger partial charge on any atom is -0.366 e. The van der Waals surface area contributed by atoms with Crippen molar-refractivity contribution in [2.24, 2.45) is 0 Å². The van der Waals surface area contributed by atoms with E-state index in [-0.39, 0.29) is 24.2 Å². The zero-order valence-corrected chi connectivity index (χ0v) is 15.6. The summed E-state index contributed by atoms with van der Waals surface area (Å²) in [5.74, 6) is -0.194. The SMILES string of the molecule is C=C(CC(=O)N1c2nc(C(=O)C3=C[CH]3)ccc2N2CC[C@H]1C2)c1ccc(F)cn1. The monoisotopic (exact) mass is 389 g/mol. The third-order valence-corrected chi connectivity index (χ3v) is 5.50. The first kappa shape index (κ1) is 17.7. The number of ketones is 1. The highest BCUT2D eigenvalue weighted by Crippen LogP contribution is 2.40. The number of hydrogen-bond donors (Lipinski definition) is 0. The van der Waals surface area contributed by atoms with Crippen molar-refractivity contribution in [1.29, 1.82) is 0 Å². The molecule has 145 valence electrons. The van der Waals surface area contributed by atoms with Gasteiger partial charge in [0.25, 0.3) is 0 Å². The predicted octanol–water partition coefficient (Wildman–Crippen LogP) is 2.97. The lowest BCUT2D eigenvalue weighted by molar-refractivity contribution is -0.118. The Labute approximate surface area is 167 Å². The number of amides is 1. The van der Waals surface area contributed by atoms with Crippen LogP contribution in [0.25, 0.3) is 5.57 Å². The van der Waals surface area contributed by atoms with Gasteiger partial charge in [0.2, 0.25) is 11.7 Å². The standard InChI is InChI=1S/C22H18FN4O2/c1-13(17-5-4-15(23)11-24-17)10-20(28)27-16-8-9-26(12-16)19-7-6-18(25-22(19)27)21(29)14-2-3-14/h2-7,11,16H,1,8-10,12H2/t16-/m0/s1. The summed E-state index contributed by atoms with van der Waals surface area (Å²) in [6, 6.07) is 6.41. The van der Waals surface area contributed by atoms with Crippen LogP contribution in [-0.4, -0.2) is 40.8 Å². The molecule has 29 heavy (non-hydrogen) atoms. The number of carbonyl (C=O) groups is 2. The molecule has 4 heterocycles. The zero-order chi connectivity index (χ0) is 20.1. The second kappa shape index (κ2) is 6.62. The van der Waals surface area contributed by atoms with Gasteiger partial charge in [0.05, 0.1) is 30.0 Å². The largest absolute Gasteiger partial charge is 0.366 e. The van der Waals surface area contributed by atoms with Crippen molar-refractivity contribution in [2.75, 3.05) is 22.9 Å². The molecule has 7 heteroatoms. The van der Waals surface area contributed by atoms with Gasteiger partial charge in [-0.15, -0.1) is 0 Å². The number of allylic oxidation sites excluding steroid dienone is 2. The van der Waals surface area contributed by atoms with Crippen LogP contribution < -0.4 is 9.80 Å². The van der Waals surface area contributed by atoms with Crippen LogP contribution >= 0.6 is 0 Å². The molecule has 0 aromatic carbocycles. The molecule has 2 aromatic rings. The molecule has 6 nitrogen and oxygen atoms in total. The number of Topliss-reactive ketones (excluding diaryl/α,β-unsaturated/α-hetero) is 1. The topological polar surface area (TPSA) is 66.4 Å². The smallest absolute Gasteiger partial charge is 0.233 e. The van der Waals surface area contributed by atoms with Crippen LogP contribution in [0.4, 0.5) is 15.9 Å². The zero-order valence-electron chi connectivity index (χ0n) is 15.6. The number of aromatic nitrogens is 2. The average Bonchev–Trinajstić information content (AvgIpc) is 3.49. The fraction of sp³-hybridized carbons (Fsp3) is 0.227. The molecule has 3 aliphatic rings. The van der Waals surface area contributed by atoms with Crippen LogP contribution in [-0.2, 0) is 4.79 Å². The van der Waals surface area contributed by atoms with Crippen LogP contribution in [0, 0.1) is 12.2 Å². The number of fused-ring (bicyclic) bond motifs is 4. The second-order valence-electron chi connectivity index (χ2n) is 7.45. The van der Waals surface area contributed by atoms with Gasteiger partial charge >= 0.3 is 0 Å². The molecule has 1 fully saturated rings. The molecule has 1 amide bonds. The number of nitrogens with zero attached hydrogens (tertiary/aromatic N) is 4. The van der Waals surface area contributed by atoms with Gasteiger partial charge in [0.1, 0.15) is 11.5 Å². The van der Waals surface area contributed by atoms with E-state index >= 15 is 0 Å².